The molecule has 3 rings (SSSR count). The molecular formula is C18H19N3O2S. The van der Waals surface area contributed by atoms with Crippen molar-refractivity contribution < 1.29 is 9.59 Å². The Morgan fingerprint density at radius 2 is 1.75 bits per heavy atom. The van der Waals surface area contributed by atoms with Crippen molar-refractivity contribution in [3.8, 4) is 0 Å². The van der Waals surface area contributed by atoms with E-state index in [0.29, 0.717) is 17.3 Å². The number of para-hydroxylation sites is 1. The Kier molecular flexibility index (Phi) is 5.05. The third kappa shape index (κ3) is 3.89. The van der Waals surface area contributed by atoms with Gasteiger partial charge in [-0.3, -0.25) is 9.59 Å². The first-order valence-corrected chi connectivity index (χ1v) is 8.87. The molecule has 0 bridgehead atoms. The van der Waals surface area contributed by atoms with E-state index >= 15 is 0 Å². The molecule has 0 aromatic heterocycles. The number of hydrogen-bond donors (Lipinski definition) is 2. The zero-order valence-corrected chi connectivity index (χ0v) is 14.2. The molecule has 5 nitrogen and oxygen atoms in total. The van der Waals surface area contributed by atoms with Gasteiger partial charge in [0.2, 0.25) is 11.8 Å². The number of benzene rings is 2. The quantitative estimate of drug-likeness (QED) is 0.896. The molecule has 1 saturated heterocycles. The van der Waals surface area contributed by atoms with Gasteiger partial charge in [-0.15, -0.1) is 11.8 Å². The summed E-state index contributed by atoms with van der Waals surface area (Å²) in [6.07, 6.45) is 0. The molecule has 0 aliphatic carbocycles. The molecule has 6 heteroatoms. The van der Waals surface area contributed by atoms with Crippen LogP contribution in [0.5, 0.6) is 0 Å². The van der Waals surface area contributed by atoms with Crippen molar-refractivity contribution in [3.05, 3.63) is 54.6 Å². The molecule has 0 spiro atoms. The van der Waals surface area contributed by atoms with Crippen molar-refractivity contribution in [1.82, 2.24) is 4.90 Å². The van der Waals surface area contributed by atoms with Gasteiger partial charge in [-0.2, -0.15) is 0 Å². The molecule has 124 valence electrons. The van der Waals surface area contributed by atoms with Crippen LogP contribution in [-0.4, -0.2) is 34.4 Å². The normalized spacial score (nSPS) is 16.7. The molecular weight excluding hydrogens is 322 g/mol. The third-order valence-electron chi connectivity index (χ3n) is 3.78. The largest absolute Gasteiger partial charge is 0.355 e. The highest BCUT2D eigenvalue weighted by molar-refractivity contribution is 7.99. The summed E-state index contributed by atoms with van der Waals surface area (Å²) >= 11 is 1.59. The van der Waals surface area contributed by atoms with Crippen LogP contribution in [0.3, 0.4) is 0 Å². The molecule has 1 heterocycles. The van der Waals surface area contributed by atoms with Gasteiger partial charge in [0.15, 0.2) is 0 Å². The van der Waals surface area contributed by atoms with Crippen molar-refractivity contribution in [2.24, 2.45) is 0 Å². The van der Waals surface area contributed by atoms with E-state index in [4.69, 9.17) is 0 Å². The molecule has 0 unspecified atom stereocenters. The molecule has 1 fully saturated rings. The van der Waals surface area contributed by atoms with Crippen molar-refractivity contribution >= 4 is 40.6 Å². The summed E-state index contributed by atoms with van der Waals surface area (Å²) in [5.74, 6) is 0.989. The lowest BCUT2D eigenvalue weighted by Crippen LogP contribution is -2.43. The molecule has 0 radical (unpaired) electrons. The standard InChI is InChI=1S/C18H19N3O2S/c1-13(22)21-12-24-11-17(21)18(23)20-16-9-5-8-15(10-16)19-14-6-3-2-4-7-14/h2-10,17,19H,11-12H2,1H3,(H,20,23)/t17-/m0/s1. The number of rotatable bonds is 4. The van der Waals surface area contributed by atoms with Crippen LogP contribution in [0.4, 0.5) is 17.1 Å². The minimum absolute atomic E-state index is 0.0698. The maximum absolute atomic E-state index is 12.5. The summed E-state index contributed by atoms with van der Waals surface area (Å²) in [6, 6.07) is 17.0. The van der Waals surface area contributed by atoms with Gasteiger partial charge >= 0.3 is 0 Å². The van der Waals surface area contributed by atoms with E-state index in [2.05, 4.69) is 10.6 Å². The lowest BCUT2D eigenvalue weighted by atomic mass is 10.2. The minimum atomic E-state index is -0.404. The highest BCUT2D eigenvalue weighted by atomic mass is 32.2. The lowest BCUT2D eigenvalue weighted by molar-refractivity contribution is -0.134. The lowest BCUT2D eigenvalue weighted by Gasteiger charge is -2.21. The predicted octanol–water partition coefficient (Wildman–Crippen LogP) is 3.29. The van der Waals surface area contributed by atoms with E-state index in [-0.39, 0.29) is 11.8 Å². The van der Waals surface area contributed by atoms with Crippen LogP contribution in [0.1, 0.15) is 6.92 Å². The summed E-state index contributed by atoms with van der Waals surface area (Å²) in [5.41, 5.74) is 2.58. The van der Waals surface area contributed by atoms with Crippen LogP contribution < -0.4 is 10.6 Å². The predicted molar refractivity (Wildman–Crippen MR) is 98.4 cm³/mol. The summed E-state index contributed by atoms with van der Waals surface area (Å²) in [6.45, 7) is 1.50. The van der Waals surface area contributed by atoms with E-state index < -0.39 is 6.04 Å². The number of anilines is 3. The van der Waals surface area contributed by atoms with Crippen LogP contribution >= 0.6 is 11.8 Å². The van der Waals surface area contributed by atoms with Gasteiger partial charge in [-0.05, 0) is 30.3 Å². The molecule has 2 aromatic carbocycles. The van der Waals surface area contributed by atoms with Gasteiger partial charge in [-0.1, -0.05) is 24.3 Å². The average Bonchev–Trinajstić information content (AvgIpc) is 3.06. The fourth-order valence-corrected chi connectivity index (χ4v) is 3.78. The van der Waals surface area contributed by atoms with Crippen molar-refractivity contribution in [2.45, 2.75) is 13.0 Å². The molecule has 1 atom stereocenters. The second-order valence-electron chi connectivity index (χ2n) is 5.57. The highest BCUT2D eigenvalue weighted by Crippen LogP contribution is 2.24. The Morgan fingerprint density at radius 3 is 2.50 bits per heavy atom. The second kappa shape index (κ2) is 7.40. The number of amides is 2. The van der Waals surface area contributed by atoms with Gasteiger partial charge in [0.1, 0.15) is 6.04 Å². The number of thioether (sulfide) groups is 1. The van der Waals surface area contributed by atoms with E-state index in [1.807, 2.05) is 54.6 Å². The maximum Gasteiger partial charge on any atom is 0.248 e. The number of hydrogen-bond acceptors (Lipinski definition) is 4. The first-order chi connectivity index (χ1) is 11.6. The van der Waals surface area contributed by atoms with Gasteiger partial charge in [0.25, 0.3) is 0 Å². The van der Waals surface area contributed by atoms with E-state index in [9.17, 15) is 9.59 Å². The first kappa shape index (κ1) is 16.4. The van der Waals surface area contributed by atoms with Gasteiger partial charge < -0.3 is 15.5 Å². The minimum Gasteiger partial charge on any atom is -0.355 e. The third-order valence-corrected chi connectivity index (χ3v) is 4.79. The van der Waals surface area contributed by atoms with Crippen LogP contribution in [0, 0.1) is 0 Å². The SMILES string of the molecule is CC(=O)N1CSC[C@H]1C(=O)Nc1cccc(Nc2ccccc2)c1. The Bertz CT molecular complexity index is 736. The molecule has 1 aliphatic rings. The molecule has 2 amide bonds. The highest BCUT2D eigenvalue weighted by Gasteiger charge is 2.32. The summed E-state index contributed by atoms with van der Waals surface area (Å²) < 4.78 is 0. The average molecular weight is 341 g/mol. The van der Waals surface area contributed by atoms with Gasteiger partial charge in [0, 0.05) is 29.7 Å². The molecule has 2 aromatic rings. The second-order valence-corrected chi connectivity index (χ2v) is 6.57. The Balaban J connectivity index is 1.68. The number of nitrogens with one attached hydrogen (secondary N) is 2. The fraction of sp³-hybridized carbons (Fsp3) is 0.222. The topological polar surface area (TPSA) is 61.4 Å². The number of carbonyl (C=O) groups excluding carboxylic acids is 2. The number of carbonyl (C=O) groups is 2. The Labute approximate surface area is 145 Å². The zero-order chi connectivity index (χ0) is 16.9. The zero-order valence-electron chi connectivity index (χ0n) is 13.4. The molecule has 24 heavy (non-hydrogen) atoms. The summed E-state index contributed by atoms with van der Waals surface area (Å²) in [4.78, 5) is 25.7. The van der Waals surface area contributed by atoms with Crippen LogP contribution in [-0.2, 0) is 9.59 Å². The Morgan fingerprint density at radius 1 is 1.04 bits per heavy atom. The van der Waals surface area contributed by atoms with Gasteiger partial charge in [-0.25, -0.2) is 0 Å². The molecule has 1 aliphatic heterocycles. The fourth-order valence-electron chi connectivity index (χ4n) is 2.56. The van der Waals surface area contributed by atoms with Crippen molar-refractivity contribution in [2.75, 3.05) is 22.3 Å². The Hall–Kier alpha value is -2.47. The van der Waals surface area contributed by atoms with Crippen LogP contribution in [0.2, 0.25) is 0 Å². The van der Waals surface area contributed by atoms with Crippen molar-refractivity contribution in [3.63, 3.8) is 0 Å². The van der Waals surface area contributed by atoms with E-state index in [1.54, 1.807) is 16.7 Å². The summed E-state index contributed by atoms with van der Waals surface area (Å²) in [7, 11) is 0. The smallest absolute Gasteiger partial charge is 0.248 e. The molecule has 2 N–H and O–H groups in total. The van der Waals surface area contributed by atoms with E-state index in [0.717, 1.165) is 11.4 Å². The monoisotopic (exact) mass is 341 g/mol. The van der Waals surface area contributed by atoms with Crippen LogP contribution in [0.25, 0.3) is 0 Å². The maximum atomic E-state index is 12.5. The first-order valence-electron chi connectivity index (χ1n) is 7.71. The van der Waals surface area contributed by atoms with Crippen LogP contribution in [0.15, 0.2) is 54.6 Å². The number of nitrogens with zero attached hydrogens (tertiary/aromatic N) is 1. The van der Waals surface area contributed by atoms with Crippen molar-refractivity contribution in [1.29, 1.82) is 0 Å². The van der Waals surface area contributed by atoms with E-state index in [1.165, 1.54) is 6.92 Å². The summed E-state index contributed by atoms with van der Waals surface area (Å²) in [5, 5.41) is 6.20. The van der Waals surface area contributed by atoms with Gasteiger partial charge in [0.05, 0.1) is 5.88 Å². The molecule has 0 saturated carbocycles.